The third kappa shape index (κ3) is 4.38. The van der Waals surface area contributed by atoms with Gasteiger partial charge in [0, 0.05) is 21.6 Å². The lowest BCUT2D eigenvalue weighted by atomic mass is 9.89. The maximum absolute atomic E-state index is 12.2. The SMILES string of the molecule is CC(C)Sc1cccc(-c2nnc(NC(=O)C3CCCCC3)o2)c1. The van der Waals surface area contributed by atoms with E-state index in [4.69, 9.17) is 4.42 Å². The molecule has 1 aromatic carbocycles. The molecule has 1 aliphatic rings. The fourth-order valence-electron chi connectivity index (χ4n) is 2.94. The number of anilines is 1. The lowest BCUT2D eigenvalue weighted by Gasteiger charge is -2.19. The Morgan fingerprint density at radius 3 is 2.79 bits per heavy atom. The highest BCUT2D eigenvalue weighted by atomic mass is 32.2. The van der Waals surface area contributed by atoms with Crippen molar-refractivity contribution in [2.24, 2.45) is 5.92 Å². The number of carbonyl (C=O) groups excluding carboxylic acids is 1. The quantitative estimate of drug-likeness (QED) is 0.792. The van der Waals surface area contributed by atoms with E-state index in [0.29, 0.717) is 11.1 Å². The van der Waals surface area contributed by atoms with E-state index < -0.39 is 0 Å². The van der Waals surface area contributed by atoms with E-state index in [2.05, 4.69) is 35.4 Å². The van der Waals surface area contributed by atoms with Gasteiger partial charge >= 0.3 is 6.01 Å². The molecule has 24 heavy (non-hydrogen) atoms. The molecule has 5 nitrogen and oxygen atoms in total. The number of aromatic nitrogens is 2. The Hall–Kier alpha value is -1.82. The van der Waals surface area contributed by atoms with E-state index in [1.165, 1.54) is 6.42 Å². The van der Waals surface area contributed by atoms with E-state index in [-0.39, 0.29) is 17.8 Å². The Balaban J connectivity index is 1.67. The minimum Gasteiger partial charge on any atom is -0.403 e. The molecule has 1 N–H and O–H groups in total. The first-order chi connectivity index (χ1) is 11.6. The second-order valence-corrected chi connectivity index (χ2v) is 8.08. The summed E-state index contributed by atoms with van der Waals surface area (Å²) >= 11 is 1.78. The van der Waals surface area contributed by atoms with Crippen LogP contribution in [0.25, 0.3) is 11.5 Å². The number of hydrogen-bond acceptors (Lipinski definition) is 5. The molecule has 0 spiro atoms. The largest absolute Gasteiger partial charge is 0.403 e. The Kier molecular flexibility index (Phi) is 5.56. The summed E-state index contributed by atoms with van der Waals surface area (Å²) in [6, 6.07) is 8.19. The summed E-state index contributed by atoms with van der Waals surface area (Å²) in [5.41, 5.74) is 0.867. The molecule has 1 amide bonds. The lowest BCUT2D eigenvalue weighted by Crippen LogP contribution is -2.24. The molecule has 1 saturated carbocycles. The molecule has 3 rings (SSSR count). The lowest BCUT2D eigenvalue weighted by molar-refractivity contribution is -0.120. The normalized spacial score (nSPS) is 15.6. The molecular weight excluding hydrogens is 322 g/mol. The van der Waals surface area contributed by atoms with Gasteiger partial charge in [-0.1, -0.05) is 44.3 Å². The minimum atomic E-state index is -0.00554. The standard InChI is InChI=1S/C18H23N3O2S/c1-12(2)24-15-10-6-9-14(11-15)17-20-21-18(23-17)19-16(22)13-7-4-3-5-8-13/h6,9-13H,3-5,7-8H2,1-2H3,(H,19,21,22). The molecule has 128 valence electrons. The Bertz CT molecular complexity index is 693. The summed E-state index contributed by atoms with van der Waals surface area (Å²) < 4.78 is 5.63. The van der Waals surface area contributed by atoms with Gasteiger partial charge in [0.05, 0.1) is 0 Å². The number of nitrogens with zero attached hydrogens (tertiary/aromatic N) is 2. The summed E-state index contributed by atoms with van der Waals surface area (Å²) in [5.74, 6) is 0.494. The van der Waals surface area contributed by atoms with E-state index in [1.807, 2.05) is 18.2 Å². The van der Waals surface area contributed by atoms with Gasteiger partial charge in [0.25, 0.3) is 0 Å². The molecule has 1 fully saturated rings. The van der Waals surface area contributed by atoms with Crippen molar-refractivity contribution in [2.75, 3.05) is 5.32 Å². The van der Waals surface area contributed by atoms with Crippen molar-refractivity contribution in [2.45, 2.75) is 56.1 Å². The van der Waals surface area contributed by atoms with Gasteiger partial charge in [0.2, 0.25) is 11.8 Å². The summed E-state index contributed by atoms with van der Waals surface area (Å²) in [4.78, 5) is 13.4. The predicted octanol–water partition coefficient (Wildman–Crippen LogP) is 4.76. The van der Waals surface area contributed by atoms with Crippen LogP contribution in [-0.2, 0) is 4.79 Å². The van der Waals surface area contributed by atoms with Crippen LogP contribution in [0.5, 0.6) is 0 Å². The monoisotopic (exact) mass is 345 g/mol. The Morgan fingerprint density at radius 2 is 2.04 bits per heavy atom. The molecule has 0 unspecified atom stereocenters. The van der Waals surface area contributed by atoms with E-state index in [9.17, 15) is 4.79 Å². The van der Waals surface area contributed by atoms with Gasteiger partial charge in [-0.05, 0) is 31.0 Å². The van der Waals surface area contributed by atoms with Crippen LogP contribution in [-0.4, -0.2) is 21.4 Å². The van der Waals surface area contributed by atoms with Crippen molar-refractivity contribution in [3.05, 3.63) is 24.3 Å². The molecule has 0 radical (unpaired) electrons. The van der Waals surface area contributed by atoms with Crippen LogP contribution in [0.15, 0.2) is 33.6 Å². The summed E-state index contributed by atoms with van der Waals surface area (Å²) in [5, 5.41) is 11.3. The molecular formula is C18H23N3O2S. The summed E-state index contributed by atoms with van der Waals surface area (Å²) in [7, 11) is 0. The highest BCUT2D eigenvalue weighted by molar-refractivity contribution is 7.99. The van der Waals surface area contributed by atoms with Crippen LogP contribution in [0.2, 0.25) is 0 Å². The fraction of sp³-hybridized carbons (Fsp3) is 0.500. The van der Waals surface area contributed by atoms with Crippen LogP contribution in [0.4, 0.5) is 6.01 Å². The number of amides is 1. The maximum Gasteiger partial charge on any atom is 0.322 e. The third-order valence-corrected chi connectivity index (χ3v) is 5.08. The van der Waals surface area contributed by atoms with Crippen molar-refractivity contribution < 1.29 is 9.21 Å². The number of benzene rings is 1. The molecule has 2 aromatic rings. The molecule has 1 aliphatic carbocycles. The first-order valence-corrected chi connectivity index (χ1v) is 9.41. The first kappa shape index (κ1) is 17.0. The van der Waals surface area contributed by atoms with Crippen LogP contribution < -0.4 is 5.32 Å². The van der Waals surface area contributed by atoms with Crippen LogP contribution >= 0.6 is 11.8 Å². The predicted molar refractivity (Wildman–Crippen MR) is 95.9 cm³/mol. The first-order valence-electron chi connectivity index (χ1n) is 8.53. The maximum atomic E-state index is 12.2. The molecule has 1 aromatic heterocycles. The number of hydrogen-bond donors (Lipinski definition) is 1. The highest BCUT2D eigenvalue weighted by Gasteiger charge is 2.22. The molecule has 0 saturated heterocycles. The zero-order valence-electron chi connectivity index (χ0n) is 14.1. The minimum absolute atomic E-state index is 0.00554. The van der Waals surface area contributed by atoms with Crippen molar-refractivity contribution in [1.29, 1.82) is 0 Å². The van der Waals surface area contributed by atoms with Gasteiger partial charge in [0.15, 0.2) is 0 Å². The van der Waals surface area contributed by atoms with Gasteiger partial charge in [0.1, 0.15) is 0 Å². The second-order valence-electron chi connectivity index (χ2n) is 6.43. The molecule has 1 heterocycles. The van der Waals surface area contributed by atoms with Gasteiger partial charge in [-0.3, -0.25) is 10.1 Å². The number of rotatable bonds is 5. The van der Waals surface area contributed by atoms with Gasteiger partial charge in [-0.15, -0.1) is 16.9 Å². The molecule has 0 bridgehead atoms. The average molecular weight is 345 g/mol. The Labute approximate surface area is 146 Å². The molecule has 0 aliphatic heterocycles. The van der Waals surface area contributed by atoms with Crippen molar-refractivity contribution in [1.82, 2.24) is 10.2 Å². The number of nitrogens with one attached hydrogen (secondary N) is 1. The number of thioether (sulfide) groups is 1. The van der Waals surface area contributed by atoms with Crippen LogP contribution in [0.1, 0.15) is 46.0 Å². The zero-order chi connectivity index (χ0) is 16.9. The van der Waals surface area contributed by atoms with Crippen molar-refractivity contribution in [3.63, 3.8) is 0 Å². The fourth-order valence-corrected chi connectivity index (χ4v) is 3.83. The highest BCUT2D eigenvalue weighted by Crippen LogP contribution is 2.29. The van der Waals surface area contributed by atoms with Crippen molar-refractivity contribution >= 4 is 23.7 Å². The van der Waals surface area contributed by atoms with Gasteiger partial charge < -0.3 is 4.42 Å². The third-order valence-electron chi connectivity index (χ3n) is 4.08. The zero-order valence-corrected chi connectivity index (χ0v) is 14.9. The summed E-state index contributed by atoms with van der Waals surface area (Å²) in [6.07, 6.45) is 5.35. The van der Waals surface area contributed by atoms with E-state index in [1.54, 1.807) is 11.8 Å². The summed E-state index contributed by atoms with van der Waals surface area (Å²) in [6.45, 7) is 4.31. The molecule has 0 atom stereocenters. The second kappa shape index (κ2) is 7.83. The van der Waals surface area contributed by atoms with E-state index >= 15 is 0 Å². The smallest absolute Gasteiger partial charge is 0.322 e. The van der Waals surface area contributed by atoms with Crippen LogP contribution in [0.3, 0.4) is 0 Å². The number of carbonyl (C=O) groups is 1. The average Bonchev–Trinajstić information content (AvgIpc) is 3.04. The molecule has 6 heteroatoms. The topological polar surface area (TPSA) is 68.0 Å². The van der Waals surface area contributed by atoms with Gasteiger partial charge in [-0.2, -0.15) is 0 Å². The Morgan fingerprint density at radius 1 is 1.25 bits per heavy atom. The van der Waals surface area contributed by atoms with Crippen molar-refractivity contribution in [3.8, 4) is 11.5 Å². The van der Waals surface area contributed by atoms with Gasteiger partial charge in [-0.25, -0.2) is 0 Å². The van der Waals surface area contributed by atoms with E-state index in [0.717, 1.165) is 36.1 Å². The van der Waals surface area contributed by atoms with Crippen LogP contribution in [0, 0.1) is 5.92 Å².